The number of fused-ring (bicyclic) bond motifs is 3. The minimum Gasteiger partial charge on any atom is -0.508 e. The van der Waals surface area contributed by atoms with E-state index in [-0.39, 0.29) is 74.5 Å². The van der Waals surface area contributed by atoms with E-state index < -0.39 is 35.1 Å². The summed E-state index contributed by atoms with van der Waals surface area (Å²) in [6.45, 7) is 4.69. The zero-order valence-corrected chi connectivity index (χ0v) is 35.2. The van der Waals surface area contributed by atoms with Gasteiger partial charge in [-0.2, -0.15) is 0 Å². The monoisotopic (exact) mass is 869 g/mol. The summed E-state index contributed by atoms with van der Waals surface area (Å²) in [5.41, 5.74) is 2.68. The molecule has 7 atom stereocenters. The SMILES string of the molecule is C=CCOC12Oc3ccc(O)cc3C3C(CCCCO)C(CCCCO)C=C(C(=NOC4CCCCO4)CC1N(Cc1ccc4c(c1)OCO4)C(=O)Oc1ccc([N+](=O)[O-])cc1)C32. The second-order valence-electron chi connectivity index (χ2n) is 16.6. The fraction of sp³-hybridized carbons (Fsp3) is 0.489. The van der Waals surface area contributed by atoms with E-state index in [4.69, 9.17) is 38.4 Å². The Kier molecular flexibility index (Phi) is 13.8. The smallest absolute Gasteiger partial charge is 0.416 e. The number of hydrogen-bond acceptors (Lipinski definition) is 14. The van der Waals surface area contributed by atoms with Gasteiger partial charge in [0.15, 0.2) is 11.5 Å². The van der Waals surface area contributed by atoms with Crippen molar-refractivity contribution in [3.05, 3.63) is 106 Å². The molecule has 0 bridgehead atoms. The summed E-state index contributed by atoms with van der Waals surface area (Å²) < 4.78 is 37.6. The van der Waals surface area contributed by atoms with E-state index >= 15 is 4.79 Å². The summed E-state index contributed by atoms with van der Waals surface area (Å²) in [5.74, 6) is -0.988. The number of aromatic hydroxyl groups is 1. The van der Waals surface area contributed by atoms with Crippen LogP contribution in [-0.4, -0.2) is 88.3 Å². The number of ether oxygens (including phenoxy) is 6. The fourth-order valence-corrected chi connectivity index (χ4v) is 9.91. The molecule has 1 saturated carbocycles. The van der Waals surface area contributed by atoms with Crippen LogP contribution in [-0.2, 0) is 20.9 Å². The highest BCUT2D eigenvalue weighted by molar-refractivity contribution is 6.03. The number of phenolic OH excluding ortho intramolecular Hbond substituents is 1. The molecule has 1 amide bonds. The van der Waals surface area contributed by atoms with Gasteiger partial charge in [0.1, 0.15) is 23.3 Å². The van der Waals surface area contributed by atoms with Gasteiger partial charge in [-0.25, -0.2) is 4.79 Å². The molecule has 3 heterocycles. The van der Waals surface area contributed by atoms with E-state index in [9.17, 15) is 25.4 Å². The van der Waals surface area contributed by atoms with Crippen LogP contribution in [0.4, 0.5) is 10.5 Å². The van der Waals surface area contributed by atoms with Crippen LogP contribution < -0.4 is 18.9 Å². The minimum absolute atomic E-state index is 0.0126. The number of benzene rings is 3. The maximum absolute atomic E-state index is 15.0. The first-order chi connectivity index (χ1) is 30.7. The highest BCUT2D eigenvalue weighted by Crippen LogP contribution is 2.62. The predicted molar refractivity (Wildman–Crippen MR) is 229 cm³/mol. The number of aliphatic hydroxyl groups excluding tert-OH is 2. The van der Waals surface area contributed by atoms with Gasteiger partial charge in [0.2, 0.25) is 18.9 Å². The summed E-state index contributed by atoms with van der Waals surface area (Å²) >= 11 is 0. The zero-order chi connectivity index (χ0) is 43.9. The average molecular weight is 870 g/mol. The number of amides is 1. The molecular formula is C47H55N3O13. The van der Waals surface area contributed by atoms with Gasteiger partial charge in [0.25, 0.3) is 5.69 Å². The van der Waals surface area contributed by atoms with Crippen LogP contribution in [0.5, 0.6) is 28.7 Å². The third kappa shape index (κ3) is 9.35. The van der Waals surface area contributed by atoms with Crippen LogP contribution in [0.15, 0.2) is 90.1 Å². The van der Waals surface area contributed by atoms with Crippen molar-refractivity contribution in [2.24, 2.45) is 22.9 Å². The van der Waals surface area contributed by atoms with Gasteiger partial charge in [-0.3, -0.25) is 15.0 Å². The van der Waals surface area contributed by atoms with Crippen molar-refractivity contribution in [2.75, 3.05) is 33.2 Å². The molecule has 1 saturated heterocycles. The number of rotatable bonds is 18. The Labute approximate surface area is 365 Å². The van der Waals surface area contributed by atoms with E-state index in [1.807, 2.05) is 6.07 Å². The molecule has 3 aliphatic heterocycles. The fourth-order valence-electron chi connectivity index (χ4n) is 9.91. The van der Waals surface area contributed by atoms with E-state index in [0.717, 1.165) is 43.2 Å². The van der Waals surface area contributed by atoms with Crippen molar-refractivity contribution in [3.8, 4) is 28.7 Å². The zero-order valence-electron chi connectivity index (χ0n) is 35.2. The molecule has 3 aromatic carbocycles. The van der Waals surface area contributed by atoms with Crippen LogP contribution in [0.2, 0.25) is 0 Å². The topological polar surface area (TPSA) is 201 Å². The first-order valence-electron chi connectivity index (χ1n) is 21.9. The highest BCUT2D eigenvalue weighted by Gasteiger charge is 2.66. The molecule has 8 rings (SSSR count). The molecule has 2 aliphatic carbocycles. The van der Waals surface area contributed by atoms with Gasteiger partial charge >= 0.3 is 6.09 Å². The van der Waals surface area contributed by atoms with Gasteiger partial charge < -0.3 is 48.6 Å². The Morgan fingerprint density at radius 1 is 0.984 bits per heavy atom. The van der Waals surface area contributed by atoms with Crippen LogP contribution in [0.3, 0.4) is 0 Å². The van der Waals surface area contributed by atoms with E-state index in [2.05, 4.69) is 12.7 Å². The van der Waals surface area contributed by atoms with Gasteiger partial charge in [-0.1, -0.05) is 36.2 Å². The third-order valence-electron chi connectivity index (χ3n) is 12.7. The van der Waals surface area contributed by atoms with E-state index in [1.165, 1.54) is 24.3 Å². The van der Waals surface area contributed by atoms with Gasteiger partial charge in [-0.05, 0) is 104 Å². The van der Waals surface area contributed by atoms with Gasteiger partial charge in [0.05, 0.1) is 29.8 Å². The number of oxime groups is 1. The molecule has 7 unspecified atom stereocenters. The Morgan fingerprint density at radius 2 is 1.76 bits per heavy atom. The molecule has 0 aromatic heterocycles. The number of allylic oxidation sites excluding steroid dienone is 1. The lowest BCUT2D eigenvalue weighted by atomic mass is 9.55. The quantitative estimate of drug-likeness (QED) is 0.0483. The molecule has 0 radical (unpaired) electrons. The number of hydrogen-bond donors (Lipinski definition) is 3. The number of carbonyl (C=O) groups excluding carboxylic acids is 1. The van der Waals surface area contributed by atoms with Crippen molar-refractivity contribution in [2.45, 2.75) is 94.8 Å². The maximum atomic E-state index is 15.0. The number of nitro groups is 1. The Balaban J connectivity index is 1.32. The molecule has 16 nitrogen and oxygen atoms in total. The molecule has 16 heteroatoms. The van der Waals surface area contributed by atoms with Crippen molar-refractivity contribution in [1.82, 2.24) is 4.90 Å². The van der Waals surface area contributed by atoms with Gasteiger partial charge in [0, 0.05) is 56.2 Å². The lowest BCUT2D eigenvalue weighted by molar-refractivity contribution is -0.384. The second kappa shape index (κ2) is 19.8. The van der Waals surface area contributed by atoms with Crippen molar-refractivity contribution in [1.29, 1.82) is 0 Å². The maximum Gasteiger partial charge on any atom is 0.416 e. The lowest BCUT2D eigenvalue weighted by Gasteiger charge is -2.59. The van der Waals surface area contributed by atoms with Crippen LogP contribution in [0.1, 0.15) is 81.3 Å². The van der Waals surface area contributed by atoms with Crippen molar-refractivity contribution >= 4 is 17.5 Å². The lowest BCUT2D eigenvalue weighted by Crippen LogP contribution is -2.70. The number of nitro benzene ring substituents is 1. The molecule has 5 aliphatic rings. The standard InChI is InChI=1S/C47H55N3O13/c1-2-22-60-47-42(49(28-30-12-18-40-41(24-30)59-29-58-40)46(54)61-34-16-13-32(14-17-34)50(55)56)27-38(48-63-43-11-5-8-23-57-43)36-25-31(9-3-6-20-51)35(10-4-7-21-52)44(45(36)47)37-26-33(53)15-19-39(37)62-47/h2,12-19,24-26,31,35,42-45,51-53H,1,3-11,20-23,27-29H2. The Bertz CT molecular complexity index is 2170. The molecule has 63 heavy (non-hydrogen) atoms. The molecular weight excluding hydrogens is 815 g/mol. The number of carbonyl (C=O) groups is 1. The number of nitrogens with zero attached hydrogens (tertiary/aromatic N) is 3. The molecule has 2 fully saturated rings. The summed E-state index contributed by atoms with van der Waals surface area (Å²) in [6, 6.07) is 14.7. The first-order valence-corrected chi connectivity index (χ1v) is 21.9. The van der Waals surface area contributed by atoms with E-state index in [0.29, 0.717) is 60.8 Å². The minimum atomic E-state index is -1.62. The first kappa shape index (κ1) is 43.9. The molecule has 3 N–H and O–H groups in total. The number of phenols is 1. The average Bonchev–Trinajstić information content (AvgIpc) is 3.77. The summed E-state index contributed by atoms with van der Waals surface area (Å²) in [7, 11) is 0. The van der Waals surface area contributed by atoms with Crippen LogP contribution in [0, 0.1) is 27.9 Å². The second-order valence-corrected chi connectivity index (χ2v) is 16.6. The van der Waals surface area contributed by atoms with E-state index in [1.54, 1.807) is 41.3 Å². The Morgan fingerprint density at radius 3 is 2.51 bits per heavy atom. The summed E-state index contributed by atoms with van der Waals surface area (Å²) in [5, 5.41) is 47.3. The Hall–Kier alpha value is -5.68. The summed E-state index contributed by atoms with van der Waals surface area (Å²) in [6.07, 6.45) is 9.25. The largest absolute Gasteiger partial charge is 0.508 e. The van der Waals surface area contributed by atoms with Crippen LogP contribution in [0.25, 0.3) is 0 Å². The predicted octanol–water partition coefficient (Wildman–Crippen LogP) is 7.89. The third-order valence-corrected chi connectivity index (χ3v) is 12.7. The molecule has 0 spiro atoms. The highest BCUT2D eigenvalue weighted by atomic mass is 16.8. The van der Waals surface area contributed by atoms with Crippen molar-refractivity contribution < 1.29 is 58.3 Å². The normalized spacial score (nSPS) is 26.1. The number of unbranched alkanes of at least 4 members (excludes halogenated alkanes) is 2. The molecule has 3 aromatic rings. The van der Waals surface area contributed by atoms with Crippen molar-refractivity contribution in [3.63, 3.8) is 0 Å². The van der Waals surface area contributed by atoms with Gasteiger partial charge in [-0.15, -0.1) is 6.58 Å². The number of aliphatic hydroxyl groups is 2. The van der Waals surface area contributed by atoms with Crippen LogP contribution >= 0.6 is 0 Å². The molecule has 336 valence electrons. The summed E-state index contributed by atoms with van der Waals surface area (Å²) in [4.78, 5) is 33.8. The number of non-ortho nitro benzene ring substituents is 1.